The number of halogens is 2. The second-order valence-corrected chi connectivity index (χ2v) is 10.0. The summed E-state index contributed by atoms with van der Waals surface area (Å²) in [6.45, 7) is 4.10. The van der Waals surface area contributed by atoms with Crippen LogP contribution in [0.25, 0.3) is 0 Å². The van der Waals surface area contributed by atoms with Crippen LogP contribution in [0, 0.1) is 5.41 Å². The summed E-state index contributed by atoms with van der Waals surface area (Å²) in [4.78, 5) is 24.8. The van der Waals surface area contributed by atoms with Crippen molar-refractivity contribution in [1.29, 1.82) is 0 Å². The molecule has 1 heterocycles. The zero-order chi connectivity index (χ0) is 20.9. The third-order valence-electron chi connectivity index (χ3n) is 4.10. The van der Waals surface area contributed by atoms with Gasteiger partial charge in [-0.05, 0) is 36.5 Å². The van der Waals surface area contributed by atoms with Crippen molar-refractivity contribution < 1.29 is 13.2 Å². The van der Waals surface area contributed by atoms with Crippen LogP contribution in [0.15, 0.2) is 44.9 Å². The molecule has 0 aliphatic heterocycles. The summed E-state index contributed by atoms with van der Waals surface area (Å²) in [6, 6.07) is 5.52. The van der Waals surface area contributed by atoms with Gasteiger partial charge in [-0.1, -0.05) is 37.0 Å². The highest BCUT2D eigenvalue weighted by molar-refractivity contribution is 7.91. The molecule has 0 aliphatic rings. The first kappa shape index (κ1) is 22.7. The average molecular weight is 449 g/mol. The Hall–Kier alpha value is -1.61. The molecule has 0 atom stereocenters. The number of ether oxygens (including phenoxy) is 1. The van der Waals surface area contributed by atoms with E-state index >= 15 is 0 Å². The van der Waals surface area contributed by atoms with Crippen molar-refractivity contribution >= 4 is 33.0 Å². The lowest BCUT2D eigenvalue weighted by atomic mass is 9.90. The Morgan fingerprint density at radius 1 is 1.14 bits per heavy atom. The number of nitrogens with one attached hydrogen (secondary N) is 1. The number of hydrogen-bond donors (Lipinski definition) is 1. The average Bonchev–Trinajstić information content (AvgIpc) is 2.57. The van der Waals surface area contributed by atoms with Crippen LogP contribution in [0.4, 0.5) is 0 Å². The lowest BCUT2D eigenvalue weighted by molar-refractivity contribution is 0.0663. The fraction of sp³-hybridized carbons (Fsp3) is 0.444. The lowest BCUT2D eigenvalue weighted by Gasteiger charge is -2.24. The van der Waals surface area contributed by atoms with Gasteiger partial charge in [0.05, 0.1) is 20.7 Å². The summed E-state index contributed by atoms with van der Waals surface area (Å²) in [6.07, 6.45) is 2.57. The fourth-order valence-corrected chi connectivity index (χ4v) is 4.98. The van der Waals surface area contributed by atoms with Crippen molar-refractivity contribution in [3.63, 3.8) is 0 Å². The molecular formula is C18H22Cl2N2O5S. The maximum Gasteiger partial charge on any atom is 0.330 e. The van der Waals surface area contributed by atoms with Gasteiger partial charge in [0.15, 0.2) is 9.84 Å². The third-order valence-corrected chi connectivity index (χ3v) is 6.97. The molecule has 0 saturated heterocycles. The van der Waals surface area contributed by atoms with E-state index in [4.69, 9.17) is 27.9 Å². The predicted molar refractivity (Wildman–Crippen MR) is 109 cm³/mol. The van der Waals surface area contributed by atoms with Crippen molar-refractivity contribution in [2.75, 3.05) is 12.4 Å². The van der Waals surface area contributed by atoms with Gasteiger partial charge >= 0.3 is 5.69 Å². The number of benzene rings is 1. The van der Waals surface area contributed by atoms with Gasteiger partial charge in [-0.15, -0.1) is 0 Å². The first-order valence-electron chi connectivity index (χ1n) is 8.55. The monoisotopic (exact) mass is 448 g/mol. The molecule has 1 aromatic heterocycles. The molecule has 154 valence electrons. The molecule has 0 radical (unpaired) electrons. The number of H-pyrrole nitrogens is 1. The Kier molecular flexibility index (Phi) is 7.50. The van der Waals surface area contributed by atoms with Crippen LogP contribution in [0.2, 0.25) is 10.0 Å². The number of aromatic amines is 1. The quantitative estimate of drug-likeness (QED) is 0.594. The van der Waals surface area contributed by atoms with Crippen LogP contribution in [0.1, 0.15) is 26.7 Å². The first-order valence-corrected chi connectivity index (χ1v) is 11.0. The topological polar surface area (TPSA) is 98.2 Å². The SMILES string of the molecule is CC(C)(CCCOCn1ccc(=O)[nH]c1=O)CS(=O)(=O)c1ccc(Cl)c(Cl)c1. The van der Waals surface area contributed by atoms with Crippen LogP contribution >= 0.6 is 23.2 Å². The molecule has 0 spiro atoms. The Morgan fingerprint density at radius 3 is 2.50 bits per heavy atom. The van der Waals surface area contributed by atoms with E-state index in [-0.39, 0.29) is 22.4 Å². The minimum atomic E-state index is -3.52. The van der Waals surface area contributed by atoms with Gasteiger partial charge in [-0.2, -0.15) is 0 Å². The second-order valence-electron chi connectivity index (χ2n) is 7.22. The van der Waals surface area contributed by atoms with Crippen molar-refractivity contribution in [2.45, 2.75) is 38.3 Å². The number of nitrogens with zero attached hydrogens (tertiary/aromatic N) is 1. The molecule has 0 fully saturated rings. The van der Waals surface area contributed by atoms with Crippen LogP contribution in [0.5, 0.6) is 0 Å². The number of sulfone groups is 1. The molecule has 0 aliphatic carbocycles. The fourth-order valence-electron chi connectivity index (χ4n) is 2.70. The third kappa shape index (κ3) is 6.48. The minimum absolute atomic E-state index is 0.0115. The van der Waals surface area contributed by atoms with E-state index in [2.05, 4.69) is 4.98 Å². The van der Waals surface area contributed by atoms with Gasteiger partial charge in [0.2, 0.25) is 0 Å². The molecule has 1 N–H and O–H groups in total. The van der Waals surface area contributed by atoms with E-state index in [1.807, 2.05) is 13.8 Å². The largest absolute Gasteiger partial charge is 0.361 e. The zero-order valence-electron chi connectivity index (χ0n) is 15.6. The van der Waals surface area contributed by atoms with Gasteiger partial charge in [-0.3, -0.25) is 14.3 Å². The predicted octanol–water partition coefficient (Wildman–Crippen LogP) is 3.10. The molecule has 0 amide bonds. The van der Waals surface area contributed by atoms with Crippen LogP contribution in [-0.2, 0) is 21.3 Å². The molecular weight excluding hydrogens is 427 g/mol. The normalized spacial score (nSPS) is 12.3. The van der Waals surface area contributed by atoms with Gasteiger partial charge in [0, 0.05) is 18.9 Å². The highest BCUT2D eigenvalue weighted by atomic mass is 35.5. The summed E-state index contributed by atoms with van der Waals surface area (Å²) in [7, 11) is -3.52. The van der Waals surface area contributed by atoms with Gasteiger partial charge in [0.1, 0.15) is 6.73 Å². The number of hydrogen-bond acceptors (Lipinski definition) is 5. The first-order chi connectivity index (χ1) is 13.0. The van der Waals surface area contributed by atoms with Crippen molar-refractivity contribution in [1.82, 2.24) is 9.55 Å². The molecule has 28 heavy (non-hydrogen) atoms. The number of aromatic nitrogens is 2. The smallest absolute Gasteiger partial charge is 0.330 e. The Bertz CT molecular complexity index is 1040. The van der Waals surface area contributed by atoms with Gasteiger partial charge in [0.25, 0.3) is 5.56 Å². The van der Waals surface area contributed by atoms with Gasteiger partial charge < -0.3 is 4.74 Å². The molecule has 1 aromatic carbocycles. The standard InChI is InChI=1S/C18H22Cl2N2O5S/c1-18(2,11-28(25,26)13-4-5-14(19)15(20)10-13)7-3-9-27-12-22-8-6-16(23)21-17(22)24/h4-6,8,10H,3,7,9,11-12H2,1-2H3,(H,21,23,24). The molecule has 2 rings (SSSR count). The maximum atomic E-state index is 12.7. The summed E-state index contributed by atoms with van der Waals surface area (Å²) in [5.74, 6) is -0.0443. The summed E-state index contributed by atoms with van der Waals surface area (Å²) in [5.41, 5.74) is -1.49. The van der Waals surface area contributed by atoms with Crippen LogP contribution in [0.3, 0.4) is 0 Å². The minimum Gasteiger partial charge on any atom is -0.361 e. The highest BCUT2D eigenvalue weighted by Gasteiger charge is 2.27. The molecule has 0 bridgehead atoms. The van der Waals surface area contributed by atoms with Crippen LogP contribution < -0.4 is 11.2 Å². The molecule has 0 saturated carbocycles. The van der Waals surface area contributed by atoms with E-state index in [0.717, 1.165) is 0 Å². The van der Waals surface area contributed by atoms with Gasteiger partial charge in [-0.25, -0.2) is 13.2 Å². The van der Waals surface area contributed by atoms with Crippen molar-refractivity contribution in [3.05, 3.63) is 61.3 Å². The Morgan fingerprint density at radius 2 is 1.86 bits per heavy atom. The van der Waals surface area contributed by atoms with E-state index in [1.54, 1.807) is 0 Å². The maximum absolute atomic E-state index is 12.7. The summed E-state index contributed by atoms with van der Waals surface area (Å²) >= 11 is 11.8. The number of rotatable bonds is 9. The van der Waals surface area contributed by atoms with E-state index in [0.29, 0.717) is 24.5 Å². The molecule has 7 nitrogen and oxygen atoms in total. The van der Waals surface area contributed by atoms with Crippen molar-refractivity contribution in [2.24, 2.45) is 5.41 Å². The van der Waals surface area contributed by atoms with E-state index in [9.17, 15) is 18.0 Å². The molecule has 10 heteroatoms. The van der Waals surface area contributed by atoms with Crippen LogP contribution in [-0.4, -0.2) is 30.3 Å². The lowest BCUT2D eigenvalue weighted by Crippen LogP contribution is -2.29. The summed E-state index contributed by atoms with van der Waals surface area (Å²) in [5, 5.41) is 0.505. The summed E-state index contributed by atoms with van der Waals surface area (Å²) < 4.78 is 32.0. The Labute approximate surface area is 173 Å². The molecule has 2 aromatic rings. The van der Waals surface area contributed by atoms with E-state index in [1.165, 1.54) is 35.0 Å². The highest BCUT2D eigenvalue weighted by Crippen LogP contribution is 2.30. The van der Waals surface area contributed by atoms with Crippen molar-refractivity contribution in [3.8, 4) is 0 Å². The molecule has 0 unspecified atom stereocenters. The zero-order valence-corrected chi connectivity index (χ0v) is 17.9. The Balaban J connectivity index is 1.86. The van der Waals surface area contributed by atoms with E-state index < -0.39 is 26.5 Å². The second kappa shape index (κ2) is 9.26.